The van der Waals surface area contributed by atoms with Gasteiger partial charge in [-0.3, -0.25) is 9.59 Å². The van der Waals surface area contributed by atoms with Crippen molar-refractivity contribution >= 4 is 35.2 Å². The van der Waals surface area contributed by atoms with Crippen molar-refractivity contribution in [3.8, 4) is 0 Å². The molecule has 0 aliphatic rings. The zero-order valence-electron chi connectivity index (χ0n) is 18.9. The van der Waals surface area contributed by atoms with Crippen LogP contribution in [0.2, 0.25) is 0 Å². The van der Waals surface area contributed by atoms with Crippen LogP contribution in [0.1, 0.15) is 32.1 Å². The molecule has 0 spiro atoms. The van der Waals surface area contributed by atoms with E-state index in [9.17, 15) is 14.4 Å². The predicted octanol–water partition coefficient (Wildman–Crippen LogP) is 3.22. The first kappa shape index (κ1) is 24.7. The number of anilines is 1. The average molecular weight is 480 g/mol. The fourth-order valence-corrected chi connectivity index (χ4v) is 3.80. The van der Waals surface area contributed by atoms with Crippen LogP contribution in [-0.4, -0.2) is 45.4 Å². The first-order valence-corrected chi connectivity index (χ1v) is 11.4. The van der Waals surface area contributed by atoms with Gasteiger partial charge < -0.3 is 19.9 Å². The largest absolute Gasteiger partial charge is 0.465 e. The standard InChI is InChI=1S/C24H25N5O4S/c1-4-13-29-20(14-25-22(31)17-11-9-16(2)10-12-17)27-28-24(29)34-15-21(30)26-19-8-6-5-7-18(19)23(32)33-3/h4-12H,1,13-15H2,2-3H3,(H,25,31)(H,26,30). The van der Waals surface area contributed by atoms with E-state index in [0.29, 0.717) is 28.8 Å². The van der Waals surface area contributed by atoms with Gasteiger partial charge in [-0.25, -0.2) is 4.79 Å². The summed E-state index contributed by atoms with van der Waals surface area (Å²) in [6.45, 7) is 6.30. The molecule has 3 rings (SSSR count). The third-order valence-electron chi connectivity index (χ3n) is 4.76. The van der Waals surface area contributed by atoms with E-state index in [1.807, 2.05) is 19.1 Å². The molecular weight excluding hydrogens is 454 g/mol. The number of amides is 2. The highest BCUT2D eigenvalue weighted by atomic mass is 32.2. The number of carbonyl (C=O) groups is 3. The topological polar surface area (TPSA) is 115 Å². The molecule has 0 bridgehead atoms. The maximum atomic E-state index is 12.5. The Labute approximate surface area is 201 Å². The molecule has 2 aromatic carbocycles. The first-order chi connectivity index (χ1) is 16.4. The maximum Gasteiger partial charge on any atom is 0.339 e. The van der Waals surface area contributed by atoms with Crippen molar-refractivity contribution < 1.29 is 19.1 Å². The molecule has 176 valence electrons. The number of methoxy groups -OCH3 is 1. The Kier molecular flexibility index (Phi) is 8.58. The van der Waals surface area contributed by atoms with E-state index in [1.165, 1.54) is 18.9 Å². The van der Waals surface area contributed by atoms with E-state index in [0.717, 1.165) is 5.56 Å². The number of rotatable bonds is 10. The van der Waals surface area contributed by atoms with Gasteiger partial charge in [0.2, 0.25) is 5.91 Å². The molecule has 0 saturated heterocycles. The molecule has 9 nitrogen and oxygen atoms in total. The lowest BCUT2D eigenvalue weighted by atomic mass is 10.1. The molecule has 1 heterocycles. The zero-order valence-corrected chi connectivity index (χ0v) is 19.7. The van der Waals surface area contributed by atoms with Crippen LogP contribution in [0.15, 0.2) is 66.3 Å². The fraction of sp³-hybridized carbons (Fsp3) is 0.208. The number of nitrogens with one attached hydrogen (secondary N) is 2. The number of aryl methyl sites for hydroxylation is 1. The Hall–Kier alpha value is -3.92. The minimum atomic E-state index is -0.536. The molecule has 2 N–H and O–H groups in total. The van der Waals surface area contributed by atoms with Gasteiger partial charge in [0.1, 0.15) is 0 Å². The second-order valence-corrected chi connectivity index (χ2v) is 8.16. The minimum Gasteiger partial charge on any atom is -0.465 e. The number of allylic oxidation sites excluding steroid dienone is 1. The van der Waals surface area contributed by atoms with Crippen molar-refractivity contribution in [1.82, 2.24) is 20.1 Å². The van der Waals surface area contributed by atoms with E-state index in [2.05, 4.69) is 27.4 Å². The number of ether oxygens (including phenoxy) is 1. The molecule has 0 aliphatic heterocycles. The maximum absolute atomic E-state index is 12.5. The Morgan fingerprint density at radius 1 is 1.12 bits per heavy atom. The number of esters is 1. The zero-order chi connectivity index (χ0) is 24.5. The third kappa shape index (κ3) is 6.32. The normalized spacial score (nSPS) is 10.4. The predicted molar refractivity (Wildman–Crippen MR) is 130 cm³/mol. The van der Waals surface area contributed by atoms with Crippen molar-refractivity contribution in [3.63, 3.8) is 0 Å². The van der Waals surface area contributed by atoms with Crippen LogP contribution in [0, 0.1) is 6.92 Å². The number of para-hydroxylation sites is 1. The molecule has 0 aliphatic carbocycles. The van der Waals surface area contributed by atoms with E-state index >= 15 is 0 Å². The number of hydrogen-bond acceptors (Lipinski definition) is 7. The summed E-state index contributed by atoms with van der Waals surface area (Å²) in [5.74, 6) is -0.485. The highest BCUT2D eigenvalue weighted by Gasteiger charge is 2.17. The van der Waals surface area contributed by atoms with Crippen LogP contribution in [0.5, 0.6) is 0 Å². The van der Waals surface area contributed by atoms with Crippen LogP contribution >= 0.6 is 11.8 Å². The average Bonchev–Trinajstić information content (AvgIpc) is 3.23. The number of hydrogen-bond donors (Lipinski definition) is 2. The molecule has 10 heteroatoms. The molecule has 0 radical (unpaired) electrons. The SMILES string of the molecule is C=CCn1c(CNC(=O)c2ccc(C)cc2)nnc1SCC(=O)Nc1ccccc1C(=O)OC. The fourth-order valence-electron chi connectivity index (χ4n) is 3.03. The molecule has 3 aromatic rings. The summed E-state index contributed by atoms with van der Waals surface area (Å²) < 4.78 is 6.53. The molecule has 0 unspecified atom stereocenters. The second kappa shape index (κ2) is 11.8. The van der Waals surface area contributed by atoms with Crippen LogP contribution in [0.4, 0.5) is 5.69 Å². The van der Waals surface area contributed by atoms with Crippen LogP contribution in [-0.2, 0) is 22.6 Å². The van der Waals surface area contributed by atoms with Gasteiger partial charge in [-0.2, -0.15) is 0 Å². The van der Waals surface area contributed by atoms with Gasteiger partial charge in [0.15, 0.2) is 11.0 Å². The monoisotopic (exact) mass is 479 g/mol. The van der Waals surface area contributed by atoms with Gasteiger partial charge >= 0.3 is 5.97 Å². The second-order valence-electron chi connectivity index (χ2n) is 7.22. The Morgan fingerprint density at radius 2 is 1.85 bits per heavy atom. The van der Waals surface area contributed by atoms with Crippen molar-refractivity contribution in [2.45, 2.75) is 25.2 Å². The molecule has 34 heavy (non-hydrogen) atoms. The molecule has 1 aromatic heterocycles. The van der Waals surface area contributed by atoms with Crippen LogP contribution in [0.25, 0.3) is 0 Å². The van der Waals surface area contributed by atoms with E-state index in [-0.39, 0.29) is 29.7 Å². The molecular formula is C24H25N5O4S. The van der Waals surface area contributed by atoms with E-state index in [1.54, 1.807) is 47.0 Å². The minimum absolute atomic E-state index is 0.0422. The van der Waals surface area contributed by atoms with Crippen LogP contribution in [0.3, 0.4) is 0 Å². The van der Waals surface area contributed by atoms with Crippen molar-refractivity contribution in [1.29, 1.82) is 0 Å². The number of thioether (sulfide) groups is 1. The Bertz CT molecular complexity index is 1190. The number of carbonyl (C=O) groups excluding carboxylic acids is 3. The van der Waals surface area contributed by atoms with Gasteiger partial charge in [0.25, 0.3) is 5.91 Å². The lowest BCUT2D eigenvalue weighted by Gasteiger charge is -2.10. The Balaban J connectivity index is 1.62. The van der Waals surface area contributed by atoms with Gasteiger partial charge in [-0.05, 0) is 31.2 Å². The summed E-state index contributed by atoms with van der Waals surface area (Å²) in [5, 5.41) is 14.4. The van der Waals surface area contributed by atoms with Gasteiger partial charge in [0, 0.05) is 12.1 Å². The third-order valence-corrected chi connectivity index (χ3v) is 5.73. The van der Waals surface area contributed by atoms with E-state index < -0.39 is 5.97 Å². The lowest BCUT2D eigenvalue weighted by molar-refractivity contribution is -0.113. The number of aromatic nitrogens is 3. The summed E-state index contributed by atoms with van der Waals surface area (Å²) in [4.78, 5) is 36.8. The van der Waals surface area contributed by atoms with Crippen molar-refractivity contribution in [2.75, 3.05) is 18.2 Å². The number of benzene rings is 2. The molecule has 2 amide bonds. The smallest absolute Gasteiger partial charge is 0.339 e. The van der Waals surface area contributed by atoms with Gasteiger partial charge in [-0.1, -0.05) is 47.7 Å². The highest BCUT2D eigenvalue weighted by Crippen LogP contribution is 2.20. The summed E-state index contributed by atoms with van der Waals surface area (Å²) in [7, 11) is 1.28. The highest BCUT2D eigenvalue weighted by molar-refractivity contribution is 7.99. The van der Waals surface area contributed by atoms with Gasteiger partial charge in [-0.15, -0.1) is 16.8 Å². The Morgan fingerprint density at radius 3 is 2.56 bits per heavy atom. The van der Waals surface area contributed by atoms with Crippen molar-refractivity contribution in [2.24, 2.45) is 0 Å². The van der Waals surface area contributed by atoms with Crippen LogP contribution < -0.4 is 10.6 Å². The molecule has 0 fully saturated rings. The lowest BCUT2D eigenvalue weighted by Crippen LogP contribution is -2.24. The molecule has 0 atom stereocenters. The van der Waals surface area contributed by atoms with E-state index in [4.69, 9.17) is 4.74 Å². The summed E-state index contributed by atoms with van der Waals surface area (Å²) in [5.41, 5.74) is 2.26. The quantitative estimate of drug-likeness (QED) is 0.261. The summed E-state index contributed by atoms with van der Waals surface area (Å²) >= 11 is 1.19. The molecule has 0 saturated carbocycles. The van der Waals surface area contributed by atoms with Gasteiger partial charge in [0.05, 0.1) is 30.7 Å². The first-order valence-electron chi connectivity index (χ1n) is 10.4. The summed E-state index contributed by atoms with van der Waals surface area (Å²) in [6.07, 6.45) is 1.69. The summed E-state index contributed by atoms with van der Waals surface area (Å²) in [6, 6.07) is 13.9. The number of nitrogens with zero attached hydrogens (tertiary/aromatic N) is 3. The van der Waals surface area contributed by atoms with Crippen molar-refractivity contribution in [3.05, 3.63) is 83.7 Å².